The van der Waals surface area contributed by atoms with Gasteiger partial charge in [-0.25, -0.2) is 9.18 Å². The summed E-state index contributed by atoms with van der Waals surface area (Å²) in [7, 11) is 0. The third-order valence-corrected chi connectivity index (χ3v) is 3.71. The lowest BCUT2D eigenvalue weighted by atomic mass is 10.1. The van der Waals surface area contributed by atoms with E-state index in [0.29, 0.717) is 0 Å². The molecule has 1 atom stereocenters. The molecular formula is C12H8ClFO3S. The standard InChI is InChI=1S/C12H8ClFO3S/c13-8-2-1-6(5-9(8)14)10(15)11-7(12(16)17)3-4-18-11/h1-5,10,15H,(H,16,17). The highest BCUT2D eigenvalue weighted by molar-refractivity contribution is 7.10. The summed E-state index contributed by atoms with van der Waals surface area (Å²) in [6.45, 7) is 0. The Balaban J connectivity index is 2.41. The number of hydrogen-bond acceptors (Lipinski definition) is 3. The molecule has 6 heteroatoms. The van der Waals surface area contributed by atoms with Crippen molar-refractivity contribution < 1.29 is 19.4 Å². The van der Waals surface area contributed by atoms with Gasteiger partial charge in [0, 0.05) is 0 Å². The molecule has 0 saturated heterocycles. The van der Waals surface area contributed by atoms with Gasteiger partial charge in [-0.15, -0.1) is 11.3 Å². The van der Waals surface area contributed by atoms with Gasteiger partial charge in [0.1, 0.15) is 11.9 Å². The van der Waals surface area contributed by atoms with E-state index in [9.17, 15) is 14.3 Å². The highest BCUT2D eigenvalue weighted by Crippen LogP contribution is 2.31. The number of halogens is 2. The fourth-order valence-corrected chi connectivity index (χ4v) is 2.56. The molecule has 0 aliphatic heterocycles. The summed E-state index contributed by atoms with van der Waals surface area (Å²) in [5.41, 5.74) is 0.282. The van der Waals surface area contributed by atoms with Crippen LogP contribution in [0.1, 0.15) is 26.9 Å². The van der Waals surface area contributed by atoms with Crippen molar-refractivity contribution in [1.82, 2.24) is 0 Å². The van der Waals surface area contributed by atoms with Gasteiger partial charge < -0.3 is 10.2 Å². The summed E-state index contributed by atoms with van der Waals surface area (Å²) in [6, 6.07) is 5.28. The molecule has 2 N–H and O–H groups in total. The van der Waals surface area contributed by atoms with Gasteiger partial charge >= 0.3 is 5.97 Å². The summed E-state index contributed by atoms with van der Waals surface area (Å²) < 4.78 is 13.3. The minimum Gasteiger partial charge on any atom is -0.478 e. The summed E-state index contributed by atoms with van der Waals surface area (Å²) in [5, 5.41) is 20.5. The number of rotatable bonds is 3. The second-order valence-corrected chi connectivity index (χ2v) is 4.93. The van der Waals surface area contributed by atoms with Crippen LogP contribution in [0, 0.1) is 5.82 Å². The van der Waals surface area contributed by atoms with E-state index in [4.69, 9.17) is 16.7 Å². The number of carbonyl (C=O) groups is 1. The largest absolute Gasteiger partial charge is 0.478 e. The Morgan fingerprint density at radius 3 is 2.72 bits per heavy atom. The van der Waals surface area contributed by atoms with Crippen molar-refractivity contribution >= 4 is 28.9 Å². The highest BCUT2D eigenvalue weighted by atomic mass is 35.5. The molecule has 1 aromatic heterocycles. The number of carboxylic acid groups (broad SMARTS) is 1. The molecule has 0 spiro atoms. The van der Waals surface area contributed by atoms with E-state index < -0.39 is 17.9 Å². The van der Waals surface area contributed by atoms with Gasteiger partial charge in [-0.3, -0.25) is 0 Å². The van der Waals surface area contributed by atoms with E-state index in [0.717, 1.165) is 17.4 Å². The van der Waals surface area contributed by atoms with Crippen LogP contribution in [0.2, 0.25) is 5.02 Å². The third-order valence-electron chi connectivity index (χ3n) is 2.43. The van der Waals surface area contributed by atoms with Gasteiger partial charge in [0.2, 0.25) is 0 Å². The van der Waals surface area contributed by atoms with E-state index in [1.54, 1.807) is 5.38 Å². The Hall–Kier alpha value is -1.43. The van der Waals surface area contributed by atoms with Crippen molar-refractivity contribution in [3.8, 4) is 0 Å². The van der Waals surface area contributed by atoms with Crippen molar-refractivity contribution in [1.29, 1.82) is 0 Å². The van der Waals surface area contributed by atoms with Gasteiger partial charge in [0.15, 0.2) is 0 Å². The van der Waals surface area contributed by atoms with Gasteiger partial charge in [0.05, 0.1) is 15.5 Å². The van der Waals surface area contributed by atoms with Crippen molar-refractivity contribution in [2.24, 2.45) is 0 Å². The molecule has 1 aromatic carbocycles. The maximum absolute atomic E-state index is 13.3. The number of hydrogen-bond donors (Lipinski definition) is 2. The van der Waals surface area contributed by atoms with Gasteiger partial charge in [0.25, 0.3) is 0 Å². The molecule has 2 rings (SSSR count). The zero-order valence-corrected chi connectivity index (χ0v) is 10.5. The molecule has 0 radical (unpaired) electrons. The van der Waals surface area contributed by atoms with Crippen LogP contribution in [-0.4, -0.2) is 16.2 Å². The molecule has 3 nitrogen and oxygen atoms in total. The monoisotopic (exact) mass is 286 g/mol. The first-order valence-corrected chi connectivity index (χ1v) is 6.20. The molecule has 0 saturated carbocycles. The smallest absolute Gasteiger partial charge is 0.336 e. The quantitative estimate of drug-likeness (QED) is 0.910. The average Bonchev–Trinajstić information content (AvgIpc) is 2.81. The number of thiophene rings is 1. The number of aromatic carboxylic acids is 1. The first-order valence-electron chi connectivity index (χ1n) is 4.94. The molecule has 94 valence electrons. The molecule has 0 bridgehead atoms. The summed E-state index contributed by atoms with van der Waals surface area (Å²) in [4.78, 5) is 11.2. The van der Waals surface area contributed by atoms with E-state index in [-0.39, 0.29) is 21.0 Å². The van der Waals surface area contributed by atoms with Crippen LogP contribution in [0.3, 0.4) is 0 Å². The number of aliphatic hydroxyl groups excluding tert-OH is 1. The molecule has 1 heterocycles. The fraction of sp³-hybridized carbons (Fsp3) is 0.0833. The van der Waals surface area contributed by atoms with E-state index in [2.05, 4.69) is 0 Å². The summed E-state index contributed by atoms with van der Waals surface area (Å²) in [6.07, 6.45) is -1.18. The van der Waals surface area contributed by atoms with Crippen LogP contribution in [0.15, 0.2) is 29.6 Å². The van der Waals surface area contributed by atoms with E-state index in [1.165, 1.54) is 18.2 Å². The van der Waals surface area contributed by atoms with Gasteiger partial charge in [-0.05, 0) is 29.1 Å². The number of benzene rings is 1. The van der Waals surface area contributed by atoms with Crippen LogP contribution in [0.4, 0.5) is 4.39 Å². The zero-order chi connectivity index (χ0) is 13.3. The van der Waals surface area contributed by atoms with E-state index >= 15 is 0 Å². The Morgan fingerprint density at radius 2 is 2.11 bits per heavy atom. The van der Waals surface area contributed by atoms with Crippen LogP contribution < -0.4 is 0 Å². The maximum Gasteiger partial charge on any atom is 0.336 e. The molecule has 0 fully saturated rings. The van der Waals surface area contributed by atoms with Crippen molar-refractivity contribution in [3.05, 3.63) is 56.5 Å². The average molecular weight is 287 g/mol. The fourth-order valence-electron chi connectivity index (χ4n) is 1.54. The Kier molecular flexibility index (Phi) is 3.65. The van der Waals surface area contributed by atoms with Crippen LogP contribution in [0.25, 0.3) is 0 Å². The second-order valence-electron chi connectivity index (χ2n) is 3.58. The first kappa shape index (κ1) is 13.0. The summed E-state index contributed by atoms with van der Waals surface area (Å²) >= 11 is 6.65. The third kappa shape index (κ3) is 2.38. The first-order chi connectivity index (χ1) is 8.50. The molecule has 0 amide bonds. The predicted octanol–water partition coefficient (Wildman–Crippen LogP) is 3.32. The molecule has 1 unspecified atom stereocenters. The SMILES string of the molecule is O=C(O)c1ccsc1C(O)c1ccc(Cl)c(F)c1. The van der Waals surface area contributed by atoms with Crippen molar-refractivity contribution in [3.63, 3.8) is 0 Å². The maximum atomic E-state index is 13.3. The molecule has 0 aliphatic carbocycles. The lowest BCUT2D eigenvalue weighted by Gasteiger charge is -2.11. The second kappa shape index (κ2) is 5.06. The van der Waals surface area contributed by atoms with Gasteiger partial charge in [-0.2, -0.15) is 0 Å². The Morgan fingerprint density at radius 1 is 1.39 bits per heavy atom. The van der Waals surface area contributed by atoms with Crippen LogP contribution >= 0.6 is 22.9 Å². The normalized spacial score (nSPS) is 12.4. The zero-order valence-electron chi connectivity index (χ0n) is 8.93. The molecule has 0 aliphatic rings. The van der Waals surface area contributed by atoms with Gasteiger partial charge in [-0.1, -0.05) is 17.7 Å². The lowest BCUT2D eigenvalue weighted by molar-refractivity contribution is 0.0692. The van der Waals surface area contributed by atoms with Crippen LogP contribution in [-0.2, 0) is 0 Å². The van der Waals surface area contributed by atoms with Crippen molar-refractivity contribution in [2.45, 2.75) is 6.10 Å². The topological polar surface area (TPSA) is 57.5 Å². The molecular weight excluding hydrogens is 279 g/mol. The minimum atomic E-state index is -1.18. The lowest BCUT2D eigenvalue weighted by Crippen LogP contribution is -2.05. The number of carboxylic acids is 1. The minimum absolute atomic E-state index is 0.0165. The number of aliphatic hydroxyl groups is 1. The van der Waals surface area contributed by atoms with E-state index in [1.807, 2.05) is 0 Å². The summed E-state index contributed by atoms with van der Waals surface area (Å²) in [5.74, 6) is -1.78. The van der Waals surface area contributed by atoms with Crippen molar-refractivity contribution in [2.75, 3.05) is 0 Å². The van der Waals surface area contributed by atoms with Crippen LogP contribution in [0.5, 0.6) is 0 Å². The highest BCUT2D eigenvalue weighted by Gasteiger charge is 2.20. The molecule has 18 heavy (non-hydrogen) atoms. The predicted molar refractivity (Wildman–Crippen MR) is 66.8 cm³/mol. The molecule has 2 aromatic rings. The Labute approximate surface area is 111 Å². The Bertz CT molecular complexity index is 597.